The van der Waals surface area contributed by atoms with Gasteiger partial charge in [-0.1, -0.05) is 166 Å². The maximum atomic E-state index is 9.02. The van der Waals surface area contributed by atoms with Crippen LogP contribution in [0.1, 0.15) is 65.3 Å². The monoisotopic (exact) mass is 851 g/mol. The Bertz CT molecular complexity index is 2290. The molecule has 0 saturated carbocycles. The van der Waals surface area contributed by atoms with Gasteiger partial charge in [-0.25, -0.2) is 0 Å². The number of ether oxygens (including phenoxy) is 5. The Morgan fingerprint density at radius 1 is 0.613 bits per heavy atom. The molecular formula is C54H62O7Si. The maximum Gasteiger partial charge on any atom is 0.250 e. The van der Waals surface area contributed by atoms with Crippen LogP contribution in [0.2, 0.25) is 18.1 Å². The topological polar surface area (TPSA) is 75.6 Å². The Hall–Kier alpha value is -4.90. The van der Waals surface area contributed by atoms with Crippen LogP contribution < -0.4 is 4.43 Å². The summed E-state index contributed by atoms with van der Waals surface area (Å²) in [5.74, 6) is -0.871. The highest BCUT2D eigenvalue weighted by Crippen LogP contribution is 2.43. The van der Waals surface area contributed by atoms with E-state index in [0.717, 1.165) is 44.7 Å². The van der Waals surface area contributed by atoms with Gasteiger partial charge in [0.05, 0.1) is 33.0 Å². The molecular weight excluding hydrogens is 789 g/mol. The van der Waals surface area contributed by atoms with Crippen LogP contribution in [0.3, 0.4) is 0 Å². The van der Waals surface area contributed by atoms with Gasteiger partial charge in [-0.05, 0) is 88.6 Å². The number of benzene rings is 6. The third-order valence-corrected chi connectivity index (χ3v) is 16.5. The van der Waals surface area contributed by atoms with E-state index in [1.54, 1.807) is 0 Å². The normalized spacial score (nSPS) is 20.7. The van der Waals surface area contributed by atoms with Crippen molar-refractivity contribution in [3.8, 4) is 5.75 Å². The molecule has 0 aromatic heterocycles. The molecule has 0 amide bonds. The second-order valence-electron chi connectivity index (χ2n) is 17.9. The van der Waals surface area contributed by atoms with Crippen molar-refractivity contribution < 1.29 is 33.2 Å². The lowest BCUT2D eigenvalue weighted by molar-refractivity contribution is -0.378. The Morgan fingerprint density at radius 3 is 1.63 bits per heavy atom. The molecule has 8 heteroatoms. The van der Waals surface area contributed by atoms with Crippen LogP contribution in [0.15, 0.2) is 164 Å². The molecule has 0 aliphatic carbocycles. The second-order valence-corrected chi connectivity index (χ2v) is 22.6. The smallest absolute Gasteiger partial charge is 0.250 e. The minimum atomic E-state index is -2.00. The zero-order valence-electron chi connectivity index (χ0n) is 38.0. The average molecular weight is 852 g/mol. The van der Waals surface area contributed by atoms with E-state index < -0.39 is 38.5 Å². The summed E-state index contributed by atoms with van der Waals surface area (Å²) in [7, 11) is -2.00. The van der Waals surface area contributed by atoms with Gasteiger partial charge in [0.15, 0.2) is 0 Å². The highest BCUT2D eigenvalue weighted by atomic mass is 28.4. The van der Waals surface area contributed by atoms with Crippen molar-refractivity contribution in [1.82, 2.24) is 0 Å². The molecule has 5 atom stereocenters. The summed E-state index contributed by atoms with van der Waals surface area (Å²) < 4.78 is 50.1. The van der Waals surface area contributed by atoms with E-state index in [1.165, 1.54) is 0 Å². The molecule has 1 saturated heterocycles. The maximum absolute atomic E-state index is 9.02. The summed E-state index contributed by atoms with van der Waals surface area (Å²) in [6.07, 6.45) is -2.53. The first-order chi connectivity index (χ1) is 30.4. The molecule has 324 valence electrons. The first-order valence-electron chi connectivity index (χ1n) is 22.1. The number of aryl methyl sites for hydroxylation is 1. The van der Waals surface area contributed by atoms with Crippen LogP contribution in [-0.2, 0) is 62.3 Å². The first-order valence-corrected chi connectivity index (χ1v) is 24.6. The molecule has 1 aliphatic heterocycles. The summed E-state index contributed by atoms with van der Waals surface area (Å²) in [6, 6.07) is 54.7. The Balaban J connectivity index is 1.28. The molecule has 1 unspecified atom stereocenters. The highest BCUT2D eigenvalue weighted by Gasteiger charge is 2.57. The van der Waals surface area contributed by atoms with Crippen molar-refractivity contribution in [2.75, 3.05) is 6.61 Å². The van der Waals surface area contributed by atoms with Gasteiger partial charge < -0.3 is 33.2 Å². The molecule has 0 spiro atoms. The van der Waals surface area contributed by atoms with Crippen molar-refractivity contribution in [2.24, 2.45) is 0 Å². The Labute approximate surface area is 371 Å². The summed E-state index contributed by atoms with van der Waals surface area (Å²) in [5.41, 5.74) is 7.90. The Kier molecular flexibility index (Phi) is 14.5. The van der Waals surface area contributed by atoms with Crippen LogP contribution >= 0.6 is 0 Å². The molecule has 0 radical (unpaired) electrons. The van der Waals surface area contributed by atoms with Crippen LogP contribution in [-0.4, -0.2) is 45.9 Å². The van der Waals surface area contributed by atoms with E-state index in [1.807, 2.05) is 127 Å². The number of rotatable bonds is 19. The lowest BCUT2D eigenvalue weighted by Crippen LogP contribution is -2.65. The fourth-order valence-corrected chi connectivity index (χ4v) is 8.52. The SMILES string of the molecule is [2H]OC1(c2ccc(C)c(Cc3ccc(O[Si](C)(C)C(C)(C)C)cc3)c2)O[C@H](COCc2ccccc2)[C@@H](OCc2ccccc2)[C@H](OCc2ccccc2)[C@H]1OCc1ccccc1. The molecule has 1 heterocycles. The van der Waals surface area contributed by atoms with Gasteiger partial charge in [0.25, 0.3) is 0 Å². The molecule has 62 heavy (non-hydrogen) atoms. The summed E-state index contributed by atoms with van der Waals surface area (Å²) >= 11 is 0. The summed E-state index contributed by atoms with van der Waals surface area (Å²) in [6.45, 7) is 14.7. The number of aliphatic hydroxyl groups is 1. The fraction of sp³-hybridized carbons (Fsp3) is 0.333. The summed E-state index contributed by atoms with van der Waals surface area (Å²) in [4.78, 5) is 0. The lowest BCUT2D eigenvalue weighted by Gasteiger charge is -2.50. The molecule has 6 aromatic rings. The standard InChI is InChI=1S/C54H62O7Si/c1-40-27-30-47(34-46(40)33-41-28-31-48(32-29-41)61-62(5,6)53(2,3)4)54(55)52(59-38-45-25-17-10-18-26-45)51(58-37-44-23-15-9-16-24-44)50(57-36-43-21-13-8-14-22-43)49(60-54)39-56-35-42-19-11-7-12-20-42/h7-32,34,49-52,55H,33,35-39H2,1-6H3/t49-,50-,51+,52-,54?/m1/s1/i55D. The minimum Gasteiger partial charge on any atom is -0.544 e. The second kappa shape index (κ2) is 20.5. The van der Waals surface area contributed by atoms with E-state index in [2.05, 4.69) is 77.2 Å². The molecule has 1 N–H and O–H groups in total. The minimum absolute atomic E-state index is 0.0929. The van der Waals surface area contributed by atoms with E-state index in [0.29, 0.717) is 25.2 Å². The van der Waals surface area contributed by atoms with Crippen LogP contribution in [0.4, 0.5) is 0 Å². The van der Waals surface area contributed by atoms with Gasteiger partial charge in [-0.2, -0.15) is 0 Å². The Morgan fingerprint density at radius 2 is 1.11 bits per heavy atom. The quantitative estimate of drug-likeness (QED) is 0.0814. The van der Waals surface area contributed by atoms with Crippen LogP contribution in [0.5, 0.6) is 5.75 Å². The largest absolute Gasteiger partial charge is 0.544 e. The van der Waals surface area contributed by atoms with E-state index in [4.69, 9.17) is 34.7 Å². The lowest BCUT2D eigenvalue weighted by atomic mass is 9.85. The van der Waals surface area contributed by atoms with Crippen molar-refractivity contribution in [3.05, 3.63) is 208 Å². The van der Waals surface area contributed by atoms with Gasteiger partial charge in [-0.15, -0.1) is 0 Å². The molecule has 6 aromatic carbocycles. The predicted molar refractivity (Wildman–Crippen MR) is 248 cm³/mol. The van der Waals surface area contributed by atoms with Gasteiger partial charge in [0, 0.05) is 5.56 Å². The fourth-order valence-electron chi connectivity index (χ4n) is 7.49. The van der Waals surface area contributed by atoms with Crippen molar-refractivity contribution >= 4 is 8.32 Å². The average Bonchev–Trinajstić information content (AvgIpc) is 3.29. The molecule has 0 bridgehead atoms. The first kappa shape index (κ1) is 43.7. The molecule has 7 rings (SSSR count). The van der Waals surface area contributed by atoms with Gasteiger partial charge in [0.1, 0.15) is 30.2 Å². The van der Waals surface area contributed by atoms with Crippen molar-refractivity contribution in [2.45, 2.75) is 109 Å². The molecule has 7 nitrogen and oxygen atoms in total. The number of hydrogen-bond acceptors (Lipinski definition) is 7. The van der Waals surface area contributed by atoms with E-state index >= 15 is 0 Å². The van der Waals surface area contributed by atoms with Crippen molar-refractivity contribution in [1.29, 1.82) is 1.43 Å². The molecule has 1 aliphatic rings. The number of hydrogen-bond donors (Lipinski definition) is 1. The van der Waals surface area contributed by atoms with Crippen molar-refractivity contribution in [3.63, 3.8) is 0 Å². The zero-order chi connectivity index (χ0) is 44.3. The summed E-state index contributed by atoms with van der Waals surface area (Å²) in [5, 5.41) is 6.08. The predicted octanol–water partition coefficient (Wildman–Crippen LogP) is 11.5. The highest BCUT2D eigenvalue weighted by molar-refractivity contribution is 6.74. The third kappa shape index (κ3) is 11.6. The van der Waals surface area contributed by atoms with E-state index in [-0.39, 0.29) is 24.9 Å². The van der Waals surface area contributed by atoms with E-state index in [9.17, 15) is 0 Å². The zero-order valence-corrected chi connectivity index (χ0v) is 38.0. The molecule has 1 fully saturated rings. The van der Waals surface area contributed by atoms with Crippen LogP contribution in [0.25, 0.3) is 0 Å². The van der Waals surface area contributed by atoms with Crippen LogP contribution in [0, 0.1) is 6.92 Å². The van der Waals surface area contributed by atoms with Gasteiger partial charge >= 0.3 is 0 Å². The van der Waals surface area contributed by atoms with Gasteiger partial charge in [-0.3, -0.25) is 0 Å². The van der Waals surface area contributed by atoms with Gasteiger partial charge in [0.2, 0.25) is 15.5 Å². The third-order valence-electron chi connectivity index (χ3n) is 12.2.